The monoisotopic (exact) mass is 515 g/mol. The van der Waals surface area contributed by atoms with Crippen LogP contribution in [0.2, 0.25) is 0 Å². The number of hydrogen-bond acceptors (Lipinski definition) is 7. The summed E-state index contributed by atoms with van der Waals surface area (Å²) in [5.74, 6) is 4.22. The first-order valence-corrected chi connectivity index (χ1v) is 15.5. The van der Waals surface area contributed by atoms with Gasteiger partial charge in [0.1, 0.15) is 12.3 Å². The number of halogens is 1. The van der Waals surface area contributed by atoms with E-state index in [1.807, 2.05) is 0 Å². The van der Waals surface area contributed by atoms with Crippen LogP contribution in [0.15, 0.2) is 0 Å². The third-order valence-corrected chi connectivity index (χ3v) is 10.7. The van der Waals surface area contributed by atoms with Gasteiger partial charge >= 0.3 is 0 Å². The second-order valence-electron chi connectivity index (χ2n) is 13.1. The Labute approximate surface area is 223 Å². The number of rotatable bonds is 6. The summed E-state index contributed by atoms with van der Waals surface area (Å²) in [7, 11) is 0. The molecule has 6 aliphatic rings. The quantitative estimate of drug-likeness (QED) is 0.214. The smallest absolute Gasteiger partial charge is 0.121 e. The van der Waals surface area contributed by atoms with Crippen LogP contribution in [0.3, 0.4) is 0 Å². The van der Waals surface area contributed by atoms with E-state index >= 15 is 0 Å². The molecule has 11 unspecified atom stereocenters. The highest BCUT2D eigenvalue weighted by molar-refractivity contribution is 5.07. The van der Waals surface area contributed by atoms with Crippen molar-refractivity contribution in [3.8, 4) is 12.3 Å². The lowest BCUT2D eigenvalue weighted by Gasteiger charge is -2.39. The van der Waals surface area contributed by atoms with Gasteiger partial charge in [-0.05, 0) is 88.9 Å². The van der Waals surface area contributed by atoms with E-state index in [2.05, 4.69) is 37.8 Å². The first kappa shape index (κ1) is 26.4. The largest absolute Gasteiger partial charge is 0.328 e. The lowest BCUT2D eigenvalue weighted by molar-refractivity contribution is 0.131. The van der Waals surface area contributed by atoms with Crippen molar-refractivity contribution in [2.75, 3.05) is 0 Å². The van der Waals surface area contributed by atoms with Crippen LogP contribution in [0.25, 0.3) is 0 Å². The van der Waals surface area contributed by atoms with Crippen LogP contribution in [0.1, 0.15) is 89.9 Å². The van der Waals surface area contributed by atoms with E-state index in [-0.39, 0.29) is 6.17 Å². The fourth-order valence-electron chi connectivity index (χ4n) is 8.66. The summed E-state index contributed by atoms with van der Waals surface area (Å²) in [6.45, 7) is 0. The zero-order valence-corrected chi connectivity index (χ0v) is 22.4. The zero-order valence-electron chi connectivity index (χ0n) is 22.4. The summed E-state index contributed by atoms with van der Waals surface area (Å²) in [4.78, 5) is 0. The highest BCUT2D eigenvalue weighted by Crippen LogP contribution is 2.39. The lowest BCUT2D eigenvalue weighted by atomic mass is 9.75. The second-order valence-corrected chi connectivity index (χ2v) is 13.1. The highest BCUT2D eigenvalue weighted by Gasteiger charge is 2.47. The molecular formula is C29H50FN7. The van der Waals surface area contributed by atoms with Crippen LogP contribution in [-0.2, 0) is 0 Å². The van der Waals surface area contributed by atoms with Gasteiger partial charge in [-0.3, -0.25) is 31.9 Å². The molecule has 6 rings (SSSR count). The molecule has 0 spiro atoms. The summed E-state index contributed by atoms with van der Waals surface area (Å²) in [5.41, 5.74) is 6.29. The fraction of sp³-hybridized carbons (Fsp3) is 0.931. The zero-order chi connectivity index (χ0) is 25.4. The maximum Gasteiger partial charge on any atom is 0.121 e. The van der Waals surface area contributed by atoms with Gasteiger partial charge in [-0.1, -0.05) is 18.8 Å². The van der Waals surface area contributed by atoms with Crippen molar-refractivity contribution in [1.82, 2.24) is 31.9 Å². The standard InChI is InChI=1S/C29H50FN7/c1-2-27(32-19-10-7-17(30)8-11-19)33-20-12-14-24-26(16-20)37-29(35-24)22-6-4-3-5-21(22)28-34-23-13-9-18(31)15-25(23)36-28/h1,17-29,32-37H,3-16,31H2. The SMILES string of the molecule is C#CC(NC1CCC(F)CC1)NC1CCC2NC(C3CCCCC3C3NC4CCC(N)CC4N3)NC2C1. The van der Waals surface area contributed by atoms with Gasteiger partial charge in [-0.2, -0.15) is 0 Å². The number of alkyl halides is 1. The van der Waals surface area contributed by atoms with E-state index < -0.39 is 6.17 Å². The van der Waals surface area contributed by atoms with Crippen LogP contribution < -0.4 is 37.6 Å². The van der Waals surface area contributed by atoms with Crippen molar-refractivity contribution in [3.05, 3.63) is 0 Å². The van der Waals surface area contributed by atoms with Gasteiger partial charge < -0.3 is 5.73 Å². The Morgan fingerprint density at radius 3 is 1.86 bits per heavy atom. The fourth-order valence-corrected chi connectivity index (χ4v) is 8.66. The molecule has 208 valence electrons. The van der Waals surface area contributed by atoms with Crippen LogP contribution in [0.5, 0.6) is 0 Å². The van der Waals surface area contributed by atoms with Crippen LogP contribution in [-0.4, -0.2) is 67.0 Å². The number of fused-ring (bicyclic) bond motifs is 2. The normalized spacial score (nSPS) is 49.1. The van der Waals surface area contributed by atoms with Crippen molar-refractivity contribution in [2.24, 2.45) is 17.6 Å². The van der Waals surface area contributed by atoms with Crippen LogP contribution in [0.4, 0.5) is 4.39 Å². The molecular weight excluding hydrogens is 465 g/mol. The molecule has 2 saturated heterocycles. The van der Waals surface area contributed by atoms with Gasteiger partial charge in [0.15, 0.2) is 0 Å². The summed E-state index contributed by atoms with van der Waals surface area (Å²) in [6.07, 6.45) is 21.2. The van der Waals surface area contributed by atoms with Crippen molar-refractivity contribution in [2.45, 2.75) is 157 Å². The Kier molecular flexibility index (Phi) is 8.40. The molecule has 8 heteroatoms. The van der Waals surface area contributed by atoms with Gasteiger partial charge in [0.25, 0.3) is 0 Å². The third-order valence-electron chi connectivity index (χ3n) is 10.7. The second kappa shape index (κ2) is 11.8. The minimum Gasteiger partial charge on any atom is -0.328 e. The van der Waals surface area contributed by atoms with Crippen molar-refractivity contribution in [1.29, 1.82) is 0 Å². The minimum atomic E-state index is -0.633. The number of nitrogens with one attached hydrogen (secondary N) is 6. The Morgan fingerprint density at radius 1 is 0.676 bits per heavy atom. The van der Waals surface area contributed by atoms with E-state index in [1.54, 1.807) is 0 Å². The van der Waals surface area contributed by atoms with Gasteiger partial charge in [-0.25, -0.2) is 4.39 Å². The summed E-state index contributed by atoms with van der Waals surface area (Å²) < 4.78 is 13.5. The number of hydrogen-bond donors (Lipinski definition) is 7. The number of nitrogens with two attached hydrogens (primary N) is 1. The van der Waals surface area contributed by atoms with Gasteiger partial charge in [-0.15, -0.1) is 6.42 Å². The Balaban J connectivity index is 1.02. The summed E-state index contributed by atoms with van der Waals surface area (Å²) in [5, 5.41) is 23.4. The van der Waals surface area contributed by atoms with E-state index in [0.717, 1.165) is 38.5 Å². The van der Waals surface area contributed by atoms with Crippen molar-refractivity contribution >= 4 is 0 Å². The molecule has 2 heterocycles. The predicted molar refractivity (Wildman–Crippen MR) is 146 cm³/mol. The summed E-state index contributed by atoms with van der Waals surface area (Å²) in [6, 6.07) is 3.27. The molecule has 0 amide bonds. The molecule has 0 aromatic rings. The van der Waals surface area contributed by atoms with Crippen LogP contribution in [0, 0.1) is 24.2 Å². The Morgan fingerprint density at radius 2 is 1.22 bits per heavy atom. The third kappa shape index (κ3) is 6.04. The Bertz CT molecular complexity index is 798. The lowest BCUT2D eigenvalue weighted by Crippen LogP contribution is -2.54. The molecule has 8 N–H and O–H groups in total. The van der Waals surface area contributed by atoms with E-state index in [9.17, 15) is 4.39 Å². The Hall–Kier alpha value is -0.790. The van der Waals surface area contributed by atoms with Gasteiger partial charge in [0.2, 0.25) is 0 Å². The minimum absolute atomic E-state index is 0.133. The molecule has 37 heavy (non-hydrogen) atoms. The topological polar surface area (TPSA) is 98.2 Å². The molecule has 0 aromatic heterocycles. The first-order chi connectivity index (χ1) is 18.1. The molecule has 0 aromatic carbocycles. The molecule has 11 atom stereocenters. The van der Waals surface area contributed by atoms with E-state index in [1.165, 1.54) is 38.5 Å². The van der Waals surface area contributed by atoms with Crippen LogP contribution >= 0.6 is 0 Å². The van der Waals surface area contributed by atoms with E-state index in [0.29, 0.717) is 79.3 Å². The molecule has 4 saturated carbocycles. The maximum absolute atomic E-state index is 13.5. The van der Waals surface area contributed by atoms with E-state index in [4.69, 9.17) is 12.2 Å². The first-order valence-electron chi connectivity index (χ1n) is 15.5. The molecule has 0 bridgehead atoms. The highest BCUT2D eigenvalue weighted by atomic mass is 19.1. The average molecular weight is 516 g/mol. The predicted octanol–water partition coefficient (Wildman–Crippen LogP) is 1.79. The van der Waals surface area contributed by atoms with Crippen molar-refractivity contribution in [3.63, 3.8) is 0 Å². The molecule has 0 radical (unpaired) electrons. The summed E-state index contributed by atoms with van der Waals surface area (Å²) >= 11 is 0. The van der Waals surface area contributed by atoms with Gasteiger partial charge in [0, 0.05) is 42.3 Å². The van der Waals surface area contributed by atoms with Gasteiger partial charge in [0.05, 0.1) is 12.3 Å². The molecule has 4 aliphatic carbocycles. The molecule has 7 nitrogen and oxygen atoms in total. The maximum atomic E-state index is 13.5. The molecule has 6 fully saturated rings. The average Bonchev–Trinajstić information content (AvgIpc) is 3.53. The molecule has 2 aliphatic heterocycles. The van der Waals surface area contributed by atoms with Crippen molar-refractivity contribution < 1.29 is 4.39 Å². The number of terminal acetylenes is 1.